The highest BCUT2D eigenvalue weighted by atomic mass is 35.5. The van der Waals surface area contributed by atoms with Crippen molar-refractivity contribution in [2.45, 2.75) is 25.2 Å². The molecule has 1 aliphatic carbocycles. The molecule has 1 aliphatic heterocycles. The molecule has 1 amide bonds. The Morgan fingerprint density at radius 1 is 1.12 bits per heavy atom. The quantitative estimate of drug-likeness (QED) is 0.929. The number of aromatic nitrogens is 2. The van der Waals surface area contributed by atoms with Gasteiger partial charge in [-0.1, -0.05) is 18.2 Å². The highest BCUT2D eigenvalue weighted by Crippen LogP contribution is 2.42. The van der Waals surface area contributed by atoms with Gasteiger partial charge in [0.2, 0.25) is 0 Å². The minimum Gasteiger partial charge on any atom is -0.337 e. The van der Waals surface area contributed by atoms with E-state index in [1.54, 1.807) is 6.20 Å². The minimum atomic E-state index is 0. The maximum atomic E-state index is 13.0. The zero-order chi connectivity index (χ0) is 15.6. The van der Waals surface area contributed by atoms with Gasteiger partial charge in [-0.2, -0.15) is 5.10 Å². The van der Waals surface area contributed by atoms with Crippen LogP contribution in [0.1, 0.15) is 41.2 Å². The number of halogens is 1. The topological polar surface area (TPSA) is 50.2 Å². The Kier molecular flexibility index (Phi) is 5.21. The fraction of sp³-hybridized carbons (Fsp3) is 0.444. The summed E-state index contributed by atoms with van der Waals surface area (Å²) in [6.45, 7) is 3.46. The van der Waals surface area contributed by atoms with Crippen molar-refractivity contribution in [3.63, 3.8) is 0 Å². The molecule has 1 N–H and O–H groups in total. The summed E-state index contributed by atoms with van der Waals surface area (Å²) in [6, 6.07) is 10.1. The van der Waals surface area contributed by atoms with Crippen molar-refractivity contribution in [1.82, 2.24) is 20.0 Å². The van der Waals surface area contributed by atoms with E-state index in [-0.39, 0.29) is 18.3 Å². The molecule has 2 fully saturated rings. The van der Waals surface area contributed by atoms with Crippen molar-refractivity contribution in [3.8, 4) is 5.69 Å². The molecule has 0 spiro atoms. The molecule has 6 heteroatoms. The number of carbonyl (C=O) groups is 1. The van der Waals surface area contributed by atoms with E-state index >= 15 is 0 Å². The molecular weight excluding hydrogens is 324 g/mol. The van der Waals surface area contributed by atoms with E-state index in [1.807, 2.05) is 39.9 Å². The minimum absolute atomic E-state index is 0. The third kappa shape index (κ3) is 3.32. The lowest BCUT2D eigenvalue weighted by Gasteiger charge is -2.20. The van der Waals surface area contributed by atoms with E-state index in [2.05, 4.69) is 10.4 Å². The van der Waals surface area contributed by atoms with Crippen LogP contribution in [0.4, 0.5) is 0 Å². The van der Waals surface area contributed by atoms with Gasteiger partial charge in [-0.05, 0) is 37.9 Å². The van der Waals surface area contributed by atoms with Gasteiger partial charge >= 0.3 is 0 Å². The largest absolute Gasteiger partial charge is 0.337 e. The number of amides is 1. The molecule has 0 radical (unpaired) electrons. The third-order valence-corrected chi connectivity index (χ3v) is 4.63. The predicted molar refractivity (Wildman–Crippen MR) is 96.2 cm³/mol. The van der Waals surface area contributed by atoms with Gasteiger partial charge < -0.3 is 10.2 Å². The first-order valence-corrected chi connectivity index (χ1v) is 8.48. The second kappa shape index (κ2) is 7.36. The monoisotopic (exact) mass is 346 g/mol. The Morgan fingerprint density at radius 3 is 2.67 bits per heavy atom. The molecule has 128 valence electrons. The molecular formula is C18H23ClN4O. The lowest BCUT2D eigenvalue weighted by molar-refractivity contribution is 0.0765. The first kappa shape index (κ1) is 17.0. The van der Waals surface area contributed by atoms with Gasteiger partial charge in [-0.3, -0.25) is 4.79 Å². The van der Waals surface area contributed by atoms with Gasteiger partial charge in [0.25, 0.3) is 5.91 Å². The van der Waals surface area contributed by atoms with Crippen LogP contribution in [0.15, 0.2) is 36.5 Å². The molecule has 1 saturated heterocycles. The lowest BCUT2D eigenvalue weighted by atomic mass is 10.1. The summed E-state index contributed by atoms with van der Waals surface area (Å²) < 4.78 is 1.96. The van der Waals surface area contributed by atoms with Crippen molar-refractivity contribution in [1.29, 1.82) is 0 Å². The van der Waals surface area contributed by atoms with Crippen LogP contribution in [-0.2, 0) is 0 Å². The number of hydrogen-bond acceptors (Lipinski definition) is 3. The maximum absolute atomic E-state index is 13.0. The first-order chi connectivity index (χ1) is 11.3. The van der Waals surface area contributed by atoms with Gasteiger partial charge in [0, 0.05) is 25.6 Å². The van der Waals surface area contributed by atoms with Gasteiger partial charge in [-0.25, -0.2) is 4.68 Å². The predicted octanol–water partition coefficient (Wildman–Crippen LogP) is 2.61. The molecule has 2 heterocycles. The molecule has 0 atom stereocenters. The van der Waals surface area contributed by atoms with Crippen LogP contribution in [0, 0.1) is 0 Å². The molecule has 2 aliphatic rings. The molecule has 5 nitrogen and oxygen atoms in total. The Bertz CT molecular complexity index is 688. The van der Waals surface area contributed by atoms with E-state index in [4.69, 9.17) is 0 Å². The number of para-hydroxylation sites is 1. The number of nitrogens with zero attached hydrogens (tertiary/aromatic N) is 3. The summed E-state index contributed by atoms with van der Waals surface area (Å²) in [4.78, 5) is 15.0. The summed E-state index contributed by atoms with van der Waals surface area (Å²) in [5.74, 6) is 0.611. The normalized spacial score (nSPS) is 17.9. The van der Waals surface area contributed by atoms with Crippen LogP contribution in [-0.4, -0.2) is 46.8 Å². The summed E-state index contributed by atoms with van der Waals surface area (Å²) in [5.41, 5.74) is 2.92. The van der Waals surface area contributed by atoms with E-state index in [9.17, 15) is 4.79 Å². The Morgan fingerprint density at radius 2 is 1.92 bits per heavy atom. The number of nitrogens with one attached hydrogen (secondary N) is 1. The summed E-state index contributed by atoms with van der Waals surface area (Å²) in [6.07, 6.45) is 5.08. The van der Waals surface area contributed by atoms with Crippen LogP contribution in [0.2, 0.25) is 0 Å². The molecule has 1 saturated carbocycles. The van der Waals surface area contributed by atoms with E-state index in [0.29, 0.717) is 5.92 Å². The number of carbonyl (C=O) groups excluding carboxylic acids is 1. The number of rotatable bonds is 3. The van der Waals surface area contributed by atoms with Gasteiger partial charge in [0.05, 0.1) is 23.1 Å². The summed E-state index contributed by atoms with van der Waals surface area (Å²) >= 11 is 0. The molecule has 1 aromatic heterocycles. The van der Waals surface area contributed by atoms with Gasteiger partial charge in [0.1, 0.15) is 0 Å². The van der Waals surface area contributed by atoms with Crippen LogP contribution in [0.5, 0.6) is 0 Å². The Hall–Kier alpha value is -1.85. The van der Waals surface area contributed by atoms with E-state index < -0.39 is 0 Å². The fourth-order valence-corrected chi connectivity index (χ4v) is 3.27. The average Bonchev–Trinajstić information content (AvgIpc) is 3.38. The molecule has 0 unspecified atom stereocenters. The third-order valence-electron chi connectivity index (χ3n) is 4.63. The van der Waals surface area contributed by atoms with E-state index in [0.717, 1.165) is 62.4 Å². The molecule has 2 aromatic rings. The molecule has 24 heavy (non-hydrogen) atoms. The summed E-state index contributed by atoms with van der Waals surface area (Å²) in [5, 5.41) is 7.89. The SMILES string of the molecule is Cl.O=C(c1cnn(-c2ccccc2)c1C1CC1)N1CCCNCC1. The van der Waals surface area contributed by atoms with Crippen LogP contribution < -0.4 is 5.32 Å². The molecule has 4 rings (SSSR count). The molecule has 1 aromatic carbocycles. The summed E-state index contributed by atoms with van der Waals surface area (Å²) in [7, 11) is 0. The smallest absolute Gasteiger partial charge is 0.257 e. The molecule has 0 bridgehead atoms. The number of hydrogen-bond donors (Lipinski definition) is 1. The van der Waals surface area contributed by atoms with Crippen LogP contribution in [0.25, 0.3) is 5.69 Å². The second-order valence-electron chi connectivity index (χ2n) is 6.36. The van der Waals surface area contributed by atoms with Gasteiger partial charge in [0.15, 0.2) is 0 Å². The van der Waals surface area contributed by atoms with E-state index in [1.165, 1.54) is 0 Å². The van der Waals surface area contributed by atoms with Crippen molar-refractivity contribution >= 4 is 18.3 Å². The van der Waals surface area contributed by atoms with Crippen molar-refractivity contribution < 1.29 is 4.79 Å². The highest BCUT2D eigenvalue weighted by Gasteiger charge is 2.34. The van der Waals surface area contributed by atoms with Crippen LogP contribution in [0.3, 0.4) is 0 Å². The van der Waals surface area contributed by atoms with Crippen molar-refractivity contribution in [2.24, 2.45) is 0 Å². The Balaban J connectivity index is 0.00000169. The second-order valence-corrected chi connectivity index (χ2v) is 6.36. The van der Waals surface area contributed by atoms with Crippen molar-refractivity contribution in [3.05, 3.63) is 47.8 Å². The fourth-order valence-electron chi connectivity index (χ4n) is 3.27. The van der Waals surface area contributed by atoms with Crippen molar-refractivity contribution in [2.75, 3.05) is 26.2 Å². The lowest BCUT2D eigenvalue weighted by Crippen LogP contribution is -2.34. The standard InChI is InChI=1S/C18H22N4O.ClH/c23-18(21-11-4-9-19-10-12-21)16-13-20-22(17(16)14-7-8-14)15-5-2-1-3-6-15;/h1-3,5-6,13-14,19H,4,7-12H2;1H. The van der Waals surface area contributed by atoms with Gasteiger partial charge in [-0.15, -0.1) is 12.4 Å². The Labute approximate surface area is 148 Å². The zero-order valence-corrected chi connectivity index (χ0v) is 14.5. The zero-order valence-electron chi connectivity index (χ0n) is 13.6. The number of benzene rings is 1. The first-order valence-electron chi connectivity index (χ1n) is 8.48. The highest BCUT2D eigenvalue weighted by molar-refractivity contribution is 5.95. The van der Waals surface area contributed by atoms with Crippen LogP contribution >= 0.6 is 12.4 Å². The average molecular weight is 347 g/mol. The maximum Gasteiger partial charge on any atom is 0.257 e.